The monoisotopic (exact) mass is 610 g/mol. The van der Waals surface area contributed by atoms with E-state index in [0.29, 0.717) is 24.2 Å². The van der Waals surface area contributed by atoms with Crippen molar-refractivity contribution in [3.8, 4) is 0 Å². The zero-order valence-corrected chi connectivity index (χ0v) is 26.0. The molecule has 1 atom stereocenters. The van der Waals surface area contributed by atoms with Crippen LogP contribution in [0.2, 0.25) is 0 Å². The normalized spacial score (nSPS) is 17.2. The Hall–Kier alpha value is -5.10. The number of halogens is 1. The van der Waals surface area contributed by atoms with Gasteiger partial charge in [0.1, 0.15) is 5.82 Å². The summed E-state index contributed by atoms with van der Waals surface area (Å²) in [6.07, 6.45) is 4.90. The number of hydrogen-bond acceptors (Lipinski definition) is 3. The molecule has 0 spiro atoms. The molecule has 1 N–H and O–H groups in total. The molecule has 1 fully saturated rings. The quantitative estimate of drug-likeness (QED) is 0.203. The van der Waals surface area contributed by atoms with Crippen LogP contribution in [0.25, 0.3) is 32.4 Å². The number of carbonyl (C=O) groups excluding carboxylic acids is 1. The maximum atomic E-state index is 14.7. The second-order valence-electron chi connectivity index (χ2n) is 13.1. The lowest BCUT2D eigenvalue weighted by Crippen LogP contribution is -2.32. The Labute approximate surface area is 267 Å². The van der Waals surface area contributed by atoms with Crippen molar-refractivity contribution in [2.75, 3.05) is 11.4 Å². The molecule has 5 nitrogen and oxygen atoms in total. The molecule has 0 saturated carbocycles. The second-order valence-corrected chi connectivity index (χ2v) is 13.1. The highest BCUT2D eigenvalue weighted by Crippen LogP contribution is 2.48. The first-order chi connectivity index (χ1) is 22.2. The van der Waals surface area contributed by atoms with Crippen molar-refractivity contribution in [2.45, 2.75) is 45.4 Å². The van der Waals surface area contributed by atoms with Crippen molar-refractivity contribution < 1.29 is 19.1 Å². The van der Waals surface area contributed by atoms with Crippen LogP contribution in [0.15, 0.2) is 103 Å². The Kier molecular flexibility index (Phi) is 7.52. The number of carboxylic acids is 1. The SMILES string of the molecule is CC1(C)Cc2c(ccc3c2ccc2ccccc23)CC1c1cc(F)cc(N2CCCC2=O)c1.O=C(O)c1ccc2ncccc2c1. The van der Waals surface area contributed by atoms with Crippen molar-refractivity contribution in [3.63, 3.8) is 0 Å². The van der Waals surface area contributed by atoms with Gasteiger partial charge in [-0.3, -0.25) is 9.78 Å². The average Bonchev–Trinajstić information content (AvgIpc) is 3.49. The molecule has 2 aliphatic rings. The van der Waals surface area contributed by atoms with Gasteiger partial charge in [0.25, 0.3) is 0 Å². The fraction of sp³-hybridized carbons (Fsp3) is 0.225. The van der Waals surface area contributed by atoms with Gasteiger partial charge < -0.3 is 10.0 Å². The standard InChI is InChI=1S/C30H28FNO.C10H7NO2/c1-30(2)18-27-20(10-12-25-24-7-4-3-6-19(24)9-11-26(25)27)16-28(30)21-14-22(31)17-23(15-21)32-13-5-8-29(32)33;12-10(13)8-3-4-9-7(6-8)2-1-5-11-9/h3-4,6-7,9-12,14-15,17,28H,5,8,13,16,18H2,1-2H3;1-6H,(H,12,13). The van der Waals surface area contributed by atoms with Crippen LogP contribution in [0, 0.1) is 11.2 Å². The van der Waals surface area contributed by atoms with Gasteiger partial charge in [-0.25, -0.2) is 9.18 Å². The van der Waals surface area contributed by atoms with Gasteiger partial charge in [0, 0.05) is 30.2 Å². The van der Waals surface area contributed by atoms with Gasteiger partial charge in [-0.1, -0.05) is 68.4 Å². The van der Waals surface area contributed by atoms with Gasteiger partial charge in [-0.2, -0.15) is 0 Å². The summed E-state index contributed by atoms with van der Waals surface area (Å²) < 4.78 is 14.7. The highest BCUT2D eigenvalue weighted by Gasteiger charge is 2.37. The minimum Gasteiger partial charge on any atom is -0.478 e. The number of carboxylic acid groups (broad SMARTS) is 1. The summed E-state index contributed by atoms with van der Waals surface area (Å²) in [5.41, 5.74) is 5.55. The number of pyridine rings is 1. The third-order valence-corrected chi connectivity index (χ3v) is 9.68. The van der Waals surface area contributed by atoms with Gasteiger partial charge >= 0.3 is 5.97 Å². The fourth-order valence-electron chi connectivity index (χ4n) is 7.32. The molecule has 8 rings (SSSR count). The Morgan fingerprint density at radius 1 is 0.891 bits per heavy atom. The smallest absolute Gasteiger partial charge is 0.335 e. The minimum absolute atomic E-state index is 0.0347. The number of anilines is 1. The van der Waals surface area contributed by atoms with E-state index in [4.69, 9.17) is 5.11 Å². The van der Waals surface area contributed by atoms with Crippen molar-refractivity contribution in [1.82, 2.24) is 4.98 Å². The van der Waals surface area contributed by atoms with Crippen molar-refractivity contribution >= 4 is 50.0 Å². The number of nitrogens with zero attached hydrogens (tertiary/aromatic N) is 2. The molecule has 0 bridgehead atoms. The van der Waals surface area contributed by atoms with Crippen LogP contribution in [0.3, 0.4) is 0 Å². The number of aromatic carboxylic acids is 1. The van der Waals surface area contributed by atoms with Crippen molar-refractivity contribution in [2.24, 2.45) is 5.41 Å². The van der Waals surface area contributed by atoms with Gasteiger partial charge in [0.05, 0.1) is 11.1 Å². The summed E-state index contributed by atoms with van der Waals surface area (Å²) in [7, 11) is 0. The summed E-state index contributed by atoms with van der Waals surface area (Å²) in [5, 5.41) is 14.8. The van der Waals surface area contributed by atoms with Crippen molar-refractivity contribution in [3.05, 3.63) is 131 Å². The Bertz CT molecular complexity index is 2150. The predicted octanol–water partition coefficient (Wildman–Crippen LogP) is 9.10. The zero-order chi connectivity index (χ0) is 32.0. The number of benzene rings is 5. The Balaban J connectivity index is 0.000000218. The largest absolute Gasteiger partial charge is 0.478 e. The summed E-state index contributed by atoms with van der Waals surface area (Å²) in [6, 6.07) is 31.3. The van der Waals surface area contributed by atoms with Gasteiger partial charge in [-0.15, -0.1) is 0 Å². The Morgan fingerprint density at radius 2 is 1.70 bits per heavy atom. The maximum absolute atomic E-state index is 14.7. The van der Waals surface area contributed by atoms with E-state index in [0.717, 1.165) is 35.7 Å². The van der Waals surface area contributed by atoms with Crippen LogP contribution in [-0.2, 0) is 17.6 Å². The molecule has 46 heavy (non-hydrogen) atoms. The summed E-state index contributed by atoms with van der Waals surface area (Å²) in [6.45, 7) is 5.27. The molecule has 2 heterocycles. The van der Waals surface area contributed by atoms with E-state index in [2.05, 4.69) is 73.4 Å². The number of rotatable bonds is 3. The van der Waals surface area contributed by atoms with Gasteiger partial charge in [0.2, 0.25) is 5.91 Å². The van der Waals surface area contributed by atoms with E-state index in [1.165, 1.54) is 38.7 Å². The lowest BCUT2D eigenvalue weighted by Gasteiger charge is -2.41. The molecule has 6 heteroatoms. The van der Waals surface area contributed by atoms with E-state index in [-0.39, 0.29) is 23.1 Å². The lowest BCUT2D eigenvalue weighted by atomic mass is 9.63. The molecule has 1 aliphatic carbocycles. The fourth-order valence-corrected chi connectivity index (χ4v) is 7.32. The van der Waals surface area contributed by atoms with Crippen molar-refractivity contribution in [1.29, 1.82) is 0 Å². The summed E-state index contributed by atoms with van der Waals surface area (Å²) in [4.78, 5) is 28.7. The summed E-state index contributed by atoms with van der Waals surface area (Å²) >= 11 is 0. The zero-order valence-electron chi connectivity index (χ0n) is 26.0. The van der Waals surface area contributed by atoms with Gasteiger partial charge in [0.15, 0.2) is 0 Å². The van der Waals surface area contributed by atoms with E-state index < -0.39 is 5.97 Å². The topological polar surface area (TPSA) is 70.5 Å². The number of aromatic nitrogens is 1. The highest BCUT2D eigenvalue weighted by atomic mass is 19.1. The molecular formula is C40H35FN2O3. The van der Waals surface area contributed by atoms with E-state index in [1.807, 2.05) is 6.07 Å². The number of amides is 1. The molecule has 1 aromatic heterocycles. The lowest BCUT2D eigenvalue weighted by molar-refractivity contribution is -0.117. The molecule has 5 aromatic carbocycles. The molecule has 0 radical (unpaired) electrons. The van der Waals surface area contributed by atoms with Crippen LogP contribution >= 0.6 is 0 Å². The van der Waals surface area contributed by atoms with Gasteiger partial charge in [-0.05, 0) is 111 Å². The minimum atomic E-state index is -0.911. The Morgan fingerprint density at radius 3 is 2.50 bits per heavy atom. The molecule has 6 aromatic rings. The molecule has 1 aliphatic heterocycles. The molecule has 1 amide bonds. The highest BCUT2D eigenvalue weighted by molar-refractivity contribution is 6.08. The third-order valence-electron chi connectivity index (χ3n) is 9.68. The third kappa shape index (κ3) is 5.49. The number of fused-ring (bicyclic) bond motifs is 6. The average molecular weight is 611 g/mol. The van der Waals surface area contributed by atoms with Crippen LogP contribution in [0.5, 0.6) is 0 Å². The summed E-state index contributed by atoms with van der Waals surface area (Å²) in [5.74, 6) is -0.881. The number of carbonyl (C=O) groups is 2. The molecular weight excluding hydrogens is 575 g/mol. The van der Waals surface area contributed by atoms with Crippen LogP contribution < -0.4 is 4.90 Å². The molecule has 1 unspecified atom stereocenters. The molecule has 230 valence electrons. The van der Waals surface area contributed by atoms with E-state index in [9.17, 15) is 14.0 Å². The molecule has 1 saturated heterocycles. The number of hydrogen-bond donors (Lipinski definition) is 1. The van der Waals surface area contributed by atoms with E-state index in [1.54, 1.807) is 41.4 Å². The van der Waals surface area contributed by atoms with E-state index >= 15 is 0 Å². The first kappa shape index (κ1) is 29.6. The predicted molar refractivity (Wildman–Crippen MR) is 182 cm³/mol. The maximum Gasteiger partial charge on any atom is 0.335 e. The van der Waals surface area contributed by atoms with Crippen LogP contribution in [0.1, 0.15) is 59.7 Å². The first-order valence-electron chi connectivity index (χ1n) is 15.8. The first-order valence-corrected chi connectivity index (χ1v) is 15.8. The van der Waals surface area contributed by atoms with Crippen LogP contribution in [-0.4, -0.2) is 28.5 Å². The van der Waals surface area contributed by atoms with Crippen LogP contribution in [0.4, 0.5) is 10.1 Å². The second kappa shape index (κ2) is 11.7.